The molecule has 6 nitrogen and oxygen atoms in total. The second kappa shape index (κ2) is 10.4. The van der Waals surface area contributed by atoms with Gasteiger partial charge in [-0.1, -0.05) is 19.4 Å². The van der Waals surface area contributed by atoms with Gasteiger partial charge in [-0.3, -0.25) is 9.59 Å². The molecular formula is C17H27N3O3. The molecule has 1 aromatic rings. The number of carbonyl (C=O) groups excluding carboxylic acids is 2. The molecule has 2 amide bonds. The Balaban J connectivity index is 0.00000232. The zero-order valence-corrected chi connectivity index (χ0v) is 15.1. The molecule has 1 rings (SSSR count). The van der Waals surface area contributed by atoms with E-state index in [-0.39, 0.29) is 5.91 Å². The third-order valence-electron chi connectivity index (χ3n) is 2.61. The summed E-state index contributed by atoms with van der Waals surface area (Å²) in [6.07, 6.45) is 5.42. The lowest BCUT2D eigenvalue weighted by molar-refractivity contribution is -0.126. The van der Waals surface area contributed by atoms with Crippen LogP contribution in [0.15, 0.2) is 34.1 Å². The monoisotopic (exact) mass is 321 g/mol. The summed E-state index contributed by atoms with van der Waals surface area (Å²) in [7, 11) is 3.26. The van der Waals surface area contributed by atoms with E-state index < -0.39 is 0 Å². The number of nitrogens with zero attached hydrogens (tertiary/aromatic N) is 3. The van der Waals surface area contributed by atoms with Crippen molar-refractivity contribution >= 4 is 12.3 Å². The lowest BCUT2D eigenvalue weighted by Crippen LogP contribution is -2.28. The quantitative estimate of drug-likeness (QED) is 0.459. The molecule has 128 valence electrons. The molecule has 1 aromatic heterocycles. The van der Waals surface area contributed by atoms with Crippen LogP contribution in [0, 0.1) is 6.92 Å². The van der Waals surface area contributed by atoms with Crippen molar-refractivity contribution in [3.63, 3.8) is 0 Å². The van der Waals surface area contributed by atoms with Gasteiger partial charge in [0.1, 0.15) is 6.26 Å². The molecular weight excluding hydrogens is 294 g/mol. The summed E-state index contributed by atoms with van der Waals surface area (Å²) in [6.45, 7) is 9.87. The zero-order valence-electron chi connectivity index (χ0n) is 15.1. The number of likely N-dealkylation sites (N-methyl/N-ethyl adjacent to an activating group) is 1. The first-order valence-corrected chi connectivity index (χ1v) is 7.54. The number of amides is 2. The SMILES string of the molecule is CC.CC(C)=C/C(=C\N(C)C=O)C(=O)N(C)Cc1coc(C)n1. The molecule has 23 heavy (non-hydrogen) atoms. The van der Waals surface area contributed by atoms with Crippen LogP contribution in [0.5, 0.6) is 0 Å². The van der Waals surface area contributed by atoms with E-state index >= 15 is 0 Å². The Morgan fingerprint density at radius 3 is 2.35 bits per heavy atom. The van der Waals surface area contributed by atoms with E-state index in [1.165, 1.54) is 22.3 Å². The molecule has 0 aliphatic heterocycles. The Labute approximate surface area is 138 Å². The van der Waals surface area contributed by atoms with E-state index in [2.05, 4.69) is 4.98 Å². The molecule has 6 heteroatoms. The van der Waals surface area contributed by atoms with Gasteiger partial charge in [0, 0.05) is 27.2 Å². The Kier molecular flexibility index (Phi) is 9.30. The zero-order chi connectivity index (χ0) is 18.0. The Morgan fingerprint density at radius 1 is 1.30 bits per heavy atom. The first kappa shape index (κ1) is 20.6. The first-order chi connectivity index (χ1) is 10.8. The second-order valence-corrected chi connectivity index (χ2v) is 5.10. The molecule has 0 aromatic carbocycles. The molecule has 0 saturated carbocycles. The van der Waals surface area contributed by atoms with E-state index in [9.17, 15) is 9.59 Å². The average molecular weight is 321 g/mol. The minimum atomic E-state index is -0.189. The topological polar surface area (TPSA) is 66.7 Å². The molecule has 0 fully saturated rings. The molecule has 0 aliphatic rings. The standard InChI is InChI=1S/C15H21N3O3.C2H6/c1-11(2)6-13(7-17(4)10-19)15(20)18(5)8-14-9-21-12(3)16-14;1-2/h6-7,9-10H,8H2,1-5H3;1-2H3/b13-7+;. The highest BCUT2D eigenvalue weighted by Gasteiger charge is 2.15. The predicted octanol–water partition coefficient (Wildman–Crippen LogP) is 2.91. The van der Waals surface area contributed by atoms with Gasteiger partial charge in [0.2, 0.25) is 6.41 Å². The van der Waals surface area contributed by atoms with Gasteiger partial charge in [-0.15, -0.1) is 0 Å². The van der Waals surface area contributed by atoms with Crippen molar-refractivity contribution in [2.45, 2.75) is 41.2 Å². The van der Waals surface area contributed by atoms with E-state index in [4.69, 9.17) is 4.42 Å². The number of oxazole rings is 1. The molecule has 0 N–H and O–H groups in total. The average Bonchev–Trinajstić information content (AvgIpc) is 2.92. The highest BCUT2D eigenvalue weighted by atomic mass is 16.3. The van der Waals surface area contributed by atoms with Crippen LogP contribution in [-0.2, 0) is 16.1 Å². The van der Waals surface area contributed by atoms with Crippen molar-refractivity contribution in [2.75, 3.05) is 14.1 Å². The number of hydrogen-bond donors (Lipinski definition) is 0. The fraction of sp³-hybridized carbons (Fsp3) is 0.471. The number of carbonyl (C=O) groups is 2. The van der Waals surface area contributed by atoms with Gasteiger partial charge >= 0.3 is 0 Å². The fourth-order valence-electron chi connectivity index (χ4n) is 1.73. The number of hydrogen-bond acceptors (Lipinski definition) is 4. The van der Waals surface area contributed by atoms with Crippen LogP contribution < -0.4 is 0 Å². The van der Waals surface area contributed by atoms with Crippen LogP contribution in [0.1, 0.15) is 39.3 Å². The summed E-state index contributed by atoms with van der Waals surface area (Å²) in [5.74, 6) is 0.372. The van der Waals surface area contributed by atoms with Crippen molar-refractivity contribution in [3.8, 4) is 0 Å². The third-order valence-corrected chi connectivity index (χ3v) is 2.61. The summed E-state index contributed by atoms with van der Waals surface area (Å²) in [5, 5.41) is 0. The van der Waals surface area contributed by atoms with Gasteiger partial charge in [0.05, 0.1) is 17.8 Å². The van der Waals surface area contributed by atoms with Gasteiger partial charge in [0.25, 0.3) is 5.91 Å². The Hall–Kier alpha value is -2.37. The first-order valence-electron chi connectivity index (χ1n) is 7.54. The lowest BCUT2D eigenvalue weighted by atomic mass is 10.1. The van der Waals surface area contributed by atoms with Crippen molar-refractivity contribution in [2.24, 2.45) is 0 Å². The number of aromatic nitrogens is 1. The van der Waals surface area contributed by atoms with E-state index in [1.807, 2.05) is 27.7 Å². The Morgan fingerprint density at radius 2 is 1.91 bits per heavy atom. The van der Waals surface area contributed by atoms with Gasteiger partial charge < -0.3 is 14.2 Å². The summed E-state index contributed by atoms with van der Waals surface area (Å²) >= 11 is 0. The van der Waals surface area contributed by atoms with Crippen molar-refractivity contribution in [1.29, 1.82) is 0 Å². The van der Waals surface area contributed by atoms with Crippen LogP contribution in [0.25, 0.3) is 0 Å². The molecule has 0 aliphatic carbocycles. The lowest BCUT2D eigenvalue weighted by Gasteiger charge is -2.17. The second-order valence-electron chi connectivity index (χ2n) is 5.10. The summed E-state index contributed by atoms with van der Waals surface area (Å²) in [6, 6.07) is 0. The minimum absolute atomic E-state index is 0.189. The maximum atomic E-state index is 12.5. The van der Waals surface area contributed by atoms with Gasteiger partial charge in [-0.2, -0.15) is 0 Å². The van der Waals surface area contributed by atoms with Crippen molar-refractivity contribution < 1.29 is 14.0 Å². The van der Waals surface area contributed by atoms with Gasteiger partial charge in [-0.25, -0.2) is 4.98 Å². The molecule has 0 unspecified atom stereocenters. The smallest absolute Gasteiger partial charge is 0.255 e. The Bertz CT molecular complexity index is 569. The van der Waals surface area contributed by atoms with Crippen LogP contribution >= 0.6 is 0 Å². The van der Waals surface area contributed by atoms with Gasteiger partial charge in [-0.05, 0) is 19.9 Å². The van der Waals surface area contributed by atoms with Crippen LogP contribution in [0.2, 0.25) is 0 Å². The third kappa shape index (κ3) is 7.44. The van der Waals surface area contributed by atoms with Crippen molar-refractivity contribution in [1.82, 2.24) is 14.8 Å². The summed E-state index contributed by atoms with van der Waals surface area (Å²) < 4.78 is 5.12. The van der Waals surface area contributed by atoms with E-state index in [1.54, 1.807) is 27.1 Å². The molecule has 1 heterocycles. The highest BCUT2D eigenvalue weighted by Crippen LogP contribution is 2.10. The van der Waals surface area contributed by atoms with Gasteiger partial charge in [0.15, 0.2) is 5.89 Å². The normalized spacial score (nSPS) is 10.3. The van der Waals surface area contributed by atoms with E-state index in [0.29, 0.717) is 30.1 Å². The maximum absolute atomic E-state index is 12.5. The molecule has 0 bridgehead atoms. The minimum Gasteiger partial charge on any atom is -0.449 e. The molecule has 0 radical (unpaired) electrons. The van der Waals surface area contributed by atoms with E-state index in [0.717, 1.165) is 5.57 Å². The molecule has 0 spiro atoms. The van der Waals surface area contributed by atoms with Crippen molar-refractivity contribution in [3.05, 3.63) is 41.3 Å². The highest BCUT2D eigenvalue weighted by molar-refractivity contribution is 5.96. The largest absolute Gasteiger partial charge is 0.449 e. The number of rotatable bonds is 6. The van der Waals surface area contributed by atoms with Crippen LogP contribution in [0.3, 0.4) is 0 Å². The summed E-state index contributed by atoms with van der Waals surface area (Å²) in [5.41, 5.74) is 2.09. The maximum Gasteiger partial charge on any atom is 0.255 e. The van der Waals surface area contributed by atoms with Crippen LogP contribution in [-0.4, -0.2) is 41.2 Å². The summed E-state index contributed by atoms with van der Waals surface area (Å²) in [4.78, 5) is 30.2. The molecule has 0 atom stereocenters. The van der Waals surface area contributed by atoms with Crippen LogP contribution in [0.4, 0.5) is 0 Å². The number of aryl methyl sites for hydroxylation is 1. The predicted molar refractivity (Wildman–Crippen MR) is 90.4 cm³/mol. The fourth-order valence-corrected chi connectivity index (χ4v) is 1.73. The molecule has 0 saturated heterocycles. The number of allylic oxidation sites excluding steroid dienone is 1.